The van der Waals surface area contributed by atoms with Crippen LogP contribution in [0.5, 0.6) is 0 Å². The molecule has 0 saturated carbocycles. The van der Waals surface area contributed by atoms with Gasteiger partial charge in [-0.1, -0.05) is 84.4 Å². The number of benzene rings is 4. The number of hydrogen-bond acceptors (Lipinski definition) is 0. The molecule has 0 aliphatic heterocycles. The van der Waals surface area contributed by atoms with Crippen molar-refractivity contribution in [2.24, 2.45) is 0 Å². The molecule has 4 aromatic carbocycles. The lowest BCUT2D eigenvalue weighted by molar-refractivity contribution is 1.19. The molecule has 0 nitrogen and oxygen atoms in total. The van der Waals surface area contributed by atoms with Crippen LogP contribution in [-0.4, -0.2) is 0 Å². The van der Waals surface area contributed by atoms with Crippen molar-refractivity contribution in [3.63, 3.8) is 0 Å². The number of rotatable bonds is 1. The summed E-state index contributed by atoms with van der Waals surface area (Å²) in [5.41, 5.74) is 7.11. The number of allylic oxidation sites excluding steroid dienone is 1. The minimum absolute atomic E-state index is 1.06. The number of hydrogen-bond donors (Lipinski definition) is 0. The van der Waals surface area contributed by atoms with E-state index in [1.807, 2.05) is 0 Å². The summed E-state index contributed by atoms with van der Waals surface area (Å²) in [5, 5.41) is 5.34. The van der Waals surface area contributed by atoms with Crippen LogP contribution < -0.4 is 0 Å². The molecular formula is C24H18. The molecule has 0 radical (unpaired) electrons. The van der Waals surface area contributed by atoms with Crippen LogP contribution in [0.2, 0.25) is 0 Å². The van der Waals surface area contributed by atoms with Gasteiger partial charge in [-0.3, -0.25) is 0 Å². The first-order valence-electron chi connectivity index (χ1n) is 8.52. The molecule has 4 aromatic rings. The zero-order chi connectivity index (χ0) is 16.1. The summed E-state index contributed by atoms with van der Waals surface area (Å²) < 4.78 is 0. The van der Waals surface area contributed by atoms with Crippen molar-refractivity contribution >= 4 is 27.1 Å². The average Bonchev–Trinajstić information content (AvgIpc) is 2.96. The highest BCUT2D eigenvalue weighted by molar-refractivity contribution is 6.14. The third-order valence-corrected chi connectivity index (χ3v) is 5.21. The van der Waals surface area contributed by atoms with Gasteiger partial charge in [0.25, 0.3) is 0 Å². The van der Waals surface area contributed by atoms with E-state index in [1.54, 1.807) is 0 Å². The predicted molar refractivity (Wildman–Crippen MR) is 103 cm³/mol. The van der Waals surface area contributed by atoms with Gasteiger partial charge < -0.3 is 0 Å². The molecule has 0 unspecified atom stereocenters. The van der Waals surface area contributed by atoms with Crippen LogP contribution in [0.25, 0.3) is 27.1 Å². The standard InChI is InChI=1S/C24H18/c1-16-15-19-8-3-5-11-21(19)23(16)22-12-6-9-18-14-13-17-7-2-4-10-20(17)24(18)22/h2-14H,15H2,1H3. The molecule has 0 heterocycles. The van der Waals surface area contributed by atoms with Crippen molar-refractivity contribution < 1.29 is 0 Å². The van der Waals surface area contributed by atoms with E-state index in [2.05, 4.69) is 85.8 Å². The first kappa shape index (κ1) is 13.6. The van der Waals surface area contributed by atoms with Crippen LogP contribution in [0.3, 0.4) is 0 Å². The van der Waals surface area contributed by atoms with Crippen LogP contribution in [0.4, 0.5) is 0 Å². The molecule has 24 heavy (non-hydrogen) atoms. The van der Waals surface area contributed by atoms with E-state index in [1.165, 1.54) is 49.4 Å². The number of fused-ring (bicyclic) bond motifs is 4. The minimum atomic E-state index is 1.06. The molecule has 5 rings (SSSR count). The van der Waals surface area contributed by atoms with Crippen LogP contribution in [-0.2, 0) is 6.42 Å². The van der Waals surface area contributed by atoms with Crippen LogP contribution in [0.1, 0.15) is 23.6 Å². The summed E-state index contributed by atoms with van der Waals surface area (Å²) in [6.45, 7) is 2.28. The lowest BCUT2D eigenvalue weighted by atomic mass is 9.90. The SMILES string of the molecule is CC1=C(c2cccc3ccc4ccccc4c23)c2ccccc2C1. The molecule has 0 heteroatoms. The maximum Gasteiger partial charge on any atom is -0.00266 e. The third kappa shape index (κ3) is 1.86. The van der Waals surface area contributed by atoms with Crippen molar-refractivity contribution in [2.45, 2.75) is 13.3 Å². The van der Waals surface area contributed by atoms with Crippen molar-refractivity contribution in [3.8, 4) is 0 Å². The van der Waals surface area contributed by atoms with E-state index in [4.69, 9.17) is 0 Å². The largest absolute Gasteiger partial charge is 0.0619 e. The Bertz CT molecular complexity index is 1130. The van der Waals surface area contributed by atoms with Gasteiger partial charge in [0.15, 0.2) is 0 Å². The molecule has 0 aromatic heterocycles. The molecule has 114 valence electrons. The fourth-order valence-electron chi connectivity index (χ4n) is 4.16. The van der Waals surface area contributed by atoms with Gasteiger partial charge in [-0.15, -0.1) is 0 Å². The van der Waals surface area contributed by atoms with Gasteiger partial charge in [-0.25, -0.2) is 0 Å². The highest BCUT2D eigenvalue weighted by Crippen LogP contribution is 2.41. The molecule has 0 amide bonds. The fourth-order valence-corrected chi connectivity index (χ4v) is 4.16. The summed E-state index contributed by atoms with van der Waals surface area (Å²) in [4.78, 5) is 0. The van der Waals surface area contributed by atoms with Crippen molar-refractivity contribution in [2.75, 3.05) is 0 Å². The molecule has 0 spiro atoms. The van der Waals surface area contributed by atoms with E-state index < -0.39 is 0 Å². The predicted octanol–water partition coefficient (Wildman–Crippen LogP) is 6.37. The van der Waals surface area contributed by atoms with E-state index in [9.17, 15) is 0 Å². The van der Waals surface area contributed by atoms with Crippen molar-refractivity contribution in [3.05, 3.63) is 101 Å². The monoisotopic (exact) mass is 306 g/mol. The van der Waals surface area contributed by atoms with Gasteiger partial charge in [0.2, 0.25) is 0 Å². The van der Waals surface area contributed by atoms with E-state index >= 15 is 0 Å². The van der Waals surface area contributed by atoms with Gasteiger partial charge in [0.1, 0.15) is 0 Å². The van der Waals surface area contributed by atoms with E-state index in [0.29, 0.717) is 0 Å². The van der Waals surface area contributed by atoms with Crippen LogP contribution >= 0.6 is 0 Å². The molecule has 0 bridgehead atoms. The Labute approximate surface area is 142 Å². The zero-order valence-corrected chi connectivity index (χ0v) is 13.7. The quantitative estimate of drug-likeness (QED) is 0.358. The Hall–Kier alpha value is -2.86. The molecule has 1 aliphatic rings. The van der Waals surface area contributed by atoms with E-state index in [-0.39, 0.29) is 0 Å². The third-order valence-electron chi connectivity index (χ3n) is 5.21. The van der Waals surface area contributed by atoms with Crippen molar-refractivity contribution in [1.29, 1.82) is 0 Å². The zero-order valence-electron chi connectivity index (χ0n) is 13.7. The maximum absolute atomic E-state index is 2.29. The summed E-state index contributed by atoms with van der Waals surface area (Å²) in [7, 11) is 0. The Morgan fingerprint density at radius 2 is 1.33 bits per heavy atom. The molecule has 0 atom stereocenters. The topological polar surface area (TPSA) is 0 Å². The average molecular weight is 306 g/mol. The van der Waals surface area contributed by atoms with E-state index in [0.717, 1.165) is 6.42 Å². The second kappa shape index (κ2) is 5.07. The molecule has 0 fully saturated rings. The summed E-state index contributed by atoms with van der Waals surface area (Å²) in [6, 6.07) is 28.7. The second-order valence-corrected chi connectivity index (χ2v) is 6.68. The summed E-state index contributed by atoms with van der Waals surface area (Å²) in [6.07, 6.45) is 1.06. The Morgan fingerprint density at radius 3 is 2.29 bits per heavy atom. The van der Waals surface area contributed by atoms with Gasteiger partial charge in [-0.2, -0.15) is 0 Å². The Balaban J connectivity index is 1.92. The highest BCUT2D eigenvalue weighted by atomic mass is 14.2. The van der Waals surface area contributed by atoms with Crippen LogP contribution in [0, 0.1) is 0 Å². The summed E-state index contributed by atoms with van der Waals surface area (Å²) >= 11 is 0. The lowest BCUT2D eigenvalue weighted by Gasteiger charge is -2.13. The Kier molecular flexibility index (Phi) is 2.87. The molecule has 0 saturated heterocycles. The molecular weight excluding hydrogens is 288 g/mol. The molecule has 0 N–H and O–H groups in total. The fraction of sp³-hybridized carbons (Fsp3) is 0.0833. The summed E-state index contributed by atoms with van der Waals surface area (Å²) in [5.74, 6) is 0. The first-order chi connectivity index (χ1) is 11.8. The van der Waals surface area contributed by atoms with Gasteiger partial charge in [0, 0.05) is 0 Å². The van der Waals surface area contributed by atoms with Gasteiger partial charge in [-0.05, 0) is 57.2 Å². The van der Waals surface area contributed by atoms with Gasteiger partial charge >= 0.3 is 0 Å². The Morgan fingerprint density at radius 1 is 0.625 bits per heavy atom. The van der Waals surface area contributed by atoms with Crippen LogP contribution in [0.15, 0.2) is 84.4 Å². The smallest absolute Gasteiger partial charge is 0.00266 e. The maximum atomic E-state index is 2.29. The van der Waals surface area contributed by atoms with Crippen molar-refractivity contribution in [1.82, 2.24) is 0 Å². The molecule has 1 aliphatic carbocycles. The second-order valence-electron chi connectivity index (χ2n) is 6.68. The normalized spacial score (nSPS) is 13.7. The minimum Gasteiger partial charge on any atom is -0.0619 e. The highest BCUT2D eigenvalue weighted by Gasteiger charge is 2.21. The lowest BCUT2D eigenvalue weighted by Crippen LogP contribution is -1.90. The van der Waals surface area contributed by atoms with Gasteiger partial charge in [0.05, 0.1) is 0 Å². The first-order valence-corrected chi connectivity index (χ1v) is 8.52.